The van der Waals surface area contributed by atoms with Crippen molar-refractivity contribution in [2.24, 2.45) is 5.92 Å². The zero-order valence-corrected chi connectivity index (χ0v) is 18.0. The van der Waals surface area contributed by atoms with Crippen molar-refractivity contribution in [1.29, 1.82) is 0 Å². The lowest BCUT2D eigenvalue weighted by atomic mass is 9.96. The van der Waals surface area contributed by atoms with Crippen LogP contribution in [0.15, 0.2) is 71.9 Å². The summed E-state index contributed by atoms with van der Waals surface area (Å²) in [5.74, 6) is 0.362. The Bertz CT molecular complexity index is 1320. The summed E-state index contributed by atoms with van der Waals surface area (Å²) in [6.07, 6.45) is 5.02. The Morgan fingerprint density at radius 1 is 1.03 bits per heavy atom. The van der Waals surface area contributed by atoms with Crippen LogP contribution in [0.2, 0.25) is 0 Å². The number of rotatable bonds is 4. The van der Waals surface area contributed by atoms with Gasteiger partial charge in [-0.1, -0.05) is 30.3 Å². The molecule has 3 heterocycles. The van der Waals surface area contributed by atoms with Crippen molar-refractivity contribution in [3.8, 4) is 5.69 Å². The molecular formula is C25H25N5O2. The normalized spacial score (nSPS) is 14.7. The molecule has 162 valence electrons. The highest BCUT2D eigenvalue weighted by Crippen LogP contribution is 2.22. The van der Waals surface area contributed by atoms with Gasteiger partial charge in [-0.05, 0) is 49.9 Å². The van der Waals surface area contributed by atoms with E-state index in [4.69, 9.17) is 0 Å². The zero-order valence-electron chi connectivity index (χ0n) is 18.0. The average Bonchev–Trinajstić information content (AvgIpc) is 3.23. The van der Waals surface area contributed by atoms with Crippen molar-refractivity contribution >= 4 is 16.8 Å². The minimum atomic E-state index is -0.00180. The number of carbonyl (C=O) groups is 1. The minimum absolute atomic E-state index is 0.00180. The molecule has 0 saturated carbocycles. The summed E-state index contributed by atoms with van der Waals surface area (Å²) >= 11 is 0. The average molecular weight is 428 g/mol. The van der Waals surface area contributed by atoms with Gasteiger partial charge in [0.2, 0.25) is 0 Å². The van der Waals surface area contributed by atoms with Crippen molar-refractivity contribution in [1.82, 2.24) is 24.2 Å². The number of carbonyl (C=O) groups excluding carboxylic acids is 1. The molecule has 1 aliphatic heterocycles. The quantitative estimate of drug-likeness (QED) is 0.500. The Morgan fingerprint density at radius 3 is 2.53 bits per heavy atom. The molecule has 32 heavy (non-hydrogen) atoms. The van der Waals surface area contributed by atoms with Crippen LogP contribution >= 0.6 is 0 Å². The molecule has 2 aromatic carbocycles. The number of fused-ring (bicyclic) bond motifs is 1. The molecule has 7 nitrogen and oxygen atoms in total. The predicted molar refractivity (Wildman–Crippen MR) is 123 cm³/mol. The van der Waals surface area contributed by atoms with E-state index in [2.05, 4.69) is 10.1 Å². The van der Waals surface area contributed by atoms with E-state index in [0.29, 0.717) is 36.5 Å². The van der Waals surface area contributed by atoms with E-state index < -0.39 is 0 Å². The largest absolute Gasteiger partial charge is 0.339 e. The summed E-state index contributed by atoms with van der Waals surface area (Å²) in [5, 5.41) is 5.08. The number of hydrogen-bond acceptors (Lipinski definition) is 4. The second-order valence-electron chi connectivity index (χ2n) is 8.35. The molecule has 5 rings (SSSR count). The number of likely N-dealkylation sites (tertiary alicyclic amines) is 1. The third-order valence-corrected chi connectivity index (χ3v) is 6.33. The summed E-state index contributed by atoms with van der Waals surface area (Å²) < 4.78 is 3.51. The van der Waals surface area contributed by atoms with Gasteiger partial charge in [0.15, 0.2) is 0 Å². The van der Waals surface area contributed by atoms with Gasteiger partial charge in [0.05, 0.1) is 40.4 Å². The molecule has 0 atom stereocenters. The Labute approximate surface area is 185 Å². The molecule has 2 aromatic heterocycles. The molecule has 0 N–H and O–H groups in total. The molecule has 7 heteroatoms. The third-order valence-electron chi connectivity index (χ3n) is 6.33. The molecule has 4 aromatic rings. The highest BCUT2D eigenvalue weighted by Gasteiger charge is 2.26. The molecule has 1 fully saturated rings. The van der Waals surface area contributed by atoms with E-state index >= 15 is 0 Å². The fourth-order valence-electron chi connectivity index (χ4n) is 4.45. The monoisotopic (exact) mass is 427 g/mol. The van der Waals surface area contributed by atoms with Crippen LogP contribution < -0.4 is 5.56 Å². The summed E-state index contributed by atoms with van der Waals surface area (Å²) in [6, 6.07) is 17.2. The first kappa shape index (κ1) is 20.2. The van der Waals surface area contributed by atoms with E-state index in [1.807, 2.05) is 66.4 Å². The SMILES string of the molecule is Cc1c(C(=O)N2CCC(Cn3cnc4ccccc4c3=O)CC2)cnn1-c1ccccc1. The first-order valence-corrected chi connectivity index (χ1v) is 11.0. The number of amides is 1. The first-order chi connectivity index (χ1) is 15.6. The lowest BCUT2D eigenvalue weighted by Crippen LogP contribution is -2.40. The highest BCUT2D eigenvalue weighted by molar-refractivity contribution is 5.95. The van der Waals surface area contributed by atoms with Crippen LogP contribution in [0.3, 0.4) is 0 Å². The smallest absolute Gasteiger partial charge is 0.261 e. The van der Waals surface area contributed by atoms with Crippen molar-refractivity contribution in [2.75, 3.05) is 13.1 Å². The van der Waals surface area contributed by atoms with Gasteiger partial charge in [0.25, 0.3) is 11.5 Å². The predicted octanol–water partition coefficient (Wildman–Crippen LogP) is 3.44. The maximum absolute atomic E-state index is 13.1. The maximum Gasteiger partial charge on any atom is 0.261 e. The third kappa shape index (κ3) is 3.70. The Hall–Kier alpha value is -3.74. The number of para-hydroxylation sites is 2. The van der Waals surface area contributed by atoms with Gasteiger partial charge in [-0.15, -0.1) is 0 Å². The molecule has 1 amide bonds. The number of benzene rings is 2. The van der Waals surface area contributed by atoms with Crippen LogP contribution in [0, 0.1) is 12.8 Å². The van der Waals surface area contributed by atoms with Crippen LogP contribution in [0.25, 0.3) is 16.6 Å². The second-order valence-corrected chi connectivity index (χ2v) is 8.35. The van der Waals surface area contributed by atoms with Crippen molar-refractivity contribution < 1.29 is 4.79 Å². The van der Waals surface area contributed by atoms with Gasteiger partial charge in [-0.2, -0.15) is 5.10 Å². The summed E-state index contributed by atoms with van der Waals surface area (Å²) in [6.45, 7) is 3.91. The van der Waals surface area contributed by atoms with Crippen LogP contribution in [0.4, 0.5) is 0 Å². The van der Waals surface area contributed by atoms with Gasteiger partial charge >= 0.3 is 0 Å². The van der Waals surface area contributed by atoms with E-state index in [9.17, 15) is 9.59 Å². The number of aromatic nitrogens is 4. The second kappa shape index (κ2) is 8.42. The molecule has 0 unspecified atom stereocenters. The number of hydrogen-bond donors (Lipinski definition) is 0. The molecule has 1 saturated heterocycles. The standard InChI is InChI=1S/C25H25N5O2/c1-18-22(15-27-30(18)20-7-3-2-4-8-20)25(32)28-13-11-19(12-14-28)16-29-17-26-23-10-6-5-9-21(23)24(29)31/h2-10,15,17,19H,11-14,16H2,1H3. The van der Waals surface area contributed by atoms with Crippen molar-refractivity contribution in [3.05, 3.63) is 88.7 Å². The van der Waals surface area contributed by atoms with E-state index in [0.717, 1.165) is 29.7 Å². The van der Waals surface area contributed by atoms with E-state index in [1.54, 1.807) is 21.8 Å². The minimum Gasteiger partial charge on any atom is -0.339 e. The van der Waals surface area contributed by atoms with Gasteiger partial charge in [0.1, 0.15) is 0 Å². The van der Waals surface area contributed by atoms with Gasteiger partial charge < -0.3 is 4.90 Å². The molecule has 0 spiro atoms. The zero-order chi connectivity index (χ0) is 22.1. The lowest BCUT2D eigenvalue weighted by molar-refractivity contribution is 0.0681. The van der Waals surface area contributed by atoms with Gasteiger partial charge in [-0.25, -0.2) is 9.67 Å². The highest BCUT2D eigenvalue weighted by atomic mass is 16.2. The summed E-state index contributed by atoms with van der Waals surface area (Å²) in [7, 11) is 0. The van der Waals surface area contributed by atoms with Crippen LogP contribution in [-0.2, 0) is 6.54 Å². The summed E-state index contributed by atoms with van der Waals surface area (Å²) in [5.41, 5.74) is 3.15. The van der Waals surface area contributed by atoms with Crippen LogP contribution in [0.1, 0.15) is 28.9 Å². The number of nitrogens with zero attached hydrogens (tertiary/aromatic N) is 5. The fourth-order valence-corrected chi connectivity index (χ4v) is 4.45. The van der Waals surface area contributed by atoms with Gasteiger partial charge in [0, 0.05) is 19.6 Å². The van der Waals surface area contributed by atoms with Crippen molar-refractivity contribution in [3.63, 3.8) is 0 Å². The molecule has 0 bridgehead atoms. The van der Waals surface area contributed by atoms with Gasteiger partial charge in [-0.3, -0.25) is 14.2 Å². The van der Waals surface area contributed by atoms with Crippen LogP contribution in [0.5, 0.6) is 0 Å². The van der Waals surface area contributed by atoms with E-state index in [-0.39, 0.29) is 11.5 Å². The molecule has 0 aliphatic carbocycles. The Kier molecular flexibility index (Phi) is 5.31. The van der Waals surface area contributed by atoms with Crippen molar-refractivity contribution in [2.45, 2.75) is 26.3 Å². The topological polar surface area (TPSA) is 73.0 Å². The Balaban J connectivity index is 1.25. The molecule has 0 radical (unpaired) electrons. The van der Waals surface area contributed by atoms with E-state index in [1.165, 1.54) is 0 Å². The lowest BCUT2D eigenvalue weighted by Gasteiger charge is -2.32. The maximum atomic E-state index is 13.1. The van der Waals surface area contributed by atoms with Crippen LogP contribution in [-0.4, -0.2) is 43.2 Å². The fraction of sp³-hybridized carbons (Fsp3) is 0.280. The Morgan fingerprint density at radius 2 is 1.75 bits per heavy atom. The first-order valence-electron chi connectivity index (χ1n) is 11.0. The molecular weight excluding hydrogens is 402 g/mol. The summed E-state index contributed by atoms with van der Waals surface area (Å²) in [4.78, 5) is 32.2. The molecule has 1 aliphatic rings. The number of piperidine rings is 1.